The summed E-state index contributed by atoms with van der Waals surface area (Å²) in [6.07, 6.45) is 16.9. The van der Waals surface area contributed by atoms with E-state index in [4.69, 9.17) is 4.74 Å². The fourth-order valence-electron chi connectivity index (χ4n) is 2.29. The van der Waals surface area contributed by atoms with Crippen LogP contribution in [0, 0.1) is 0 Å². The number of rotatable bonds is 14. The topological polar surface area (TPSA) is 9.23 Å². The van der Waals surface area contributed by atoms with Gasteiger partial charge in [0.05, 0.1) is 6.61 Å². The Bertz CT molecular complexity index is 150. The molecule has 0 spiro atoms. The van der Waals surface area contributed by atoms with Gasteiger partial charge in [-0.25, -0.2) is 0 Å². The van der Waals surface area contributed by atoms with E-state index in [2.05, 4.69) is 22.9 Å². The summed E-state index contributed by atoms with van der Waals surface area (Å²) in [5.74, 6) is 0. The van der Waals surface area contributed by atoms with Crippen LogP contribution in [0.1, 0.15) is 84.0 Å². The average molecular weight is 321 g/mol. The van der Waals surface area contributed by atoms with Crippen molar-refractivity contribution in [2.24, 2.45) is 0 Å². The van der Waals surface area contributed by atoms with Gasteiger partial charge in [0.15, 0.2) is 0 Å². The van der Waals surface area contributed by atoms with Gasteiger partial charge in [0.1, 0.15) is 0 Å². The van der Waals surface area contributed by atoms with Gasteiger partial charge in [0.25, 0.3) is 0 Å². The van der Waals surface area contributed by atoms with Crippen LogP contribution in [0.25, 0.3) is 0 Å². The first kappa shape index (κ1) is 18.4. The van der Waals surface area contributed by atoms with E-state index in [1.807, 2.05) is 0 Å². The molecule has 0 aliphatic rings. The molecule has 110 valence electrons. The van der Waals surface area contributed by atoms with Crippen LogP contribution in [0.3, 0.4) is 0 Å². The number of methoxy groups -OCH3 is 1. The van der Waals surface area contributed by atoms with Crippen molar-refractivity contribution < 1.29 is 4.74 Å². The van der Waals surface area contributed by atoms with Gasteiger partial charge in [0, 0.05) is 11.9 Å². The molecule has 0 amide bonds. The zero-order valence-corrected chi connectivity index (χ0v) is 14.1. The molecule has 1 unspecified atom stereocenters. The van der Waals surface area contributed by atoms with Gasteiger partial charge >= 0.3 is 0 Å². The Labute approximate surface area is 123 Å². The summed E-state index contributed by atoms with van der Waals surface area (Å²) in [5.41, 5.74) is 0. The molecule has 0 bridgehead atoms. The summed E-state index contributed by atoms with van der Waals surface area (Å²) in [6.45, 7) is 3.13. The van der Waals surface area contributed by atoms with Gasteiger partial charge in [0.2, 0.25) is 0 Å². The Kier molecular flexibility index (Phi) is 15.9. The van der Waals surface area contributed by atoms with Crippen molar-refractivity contribution in [3.8, 4) is 0 Å². The molecule has 0 aromatic carbocycles. The highest BCUT2D eigenvalue weighted by atomic mass is 79.9. The monoisotopic (exact) mass is 320 g/mol. The maximum absolute atomic E-state index is 5.11. The summed E-state index contributed by atoms with van der Waals surface area (Å²) < 4.78 is 5.11. The molecular weight excluding hydrogens is 288 g/mol. The zero-order chi connectivity index (χ0) is 13.5. The first-order chi connectivity index (χ1) is 8.81. The minimum atomic E-state index is 0.557. The lowest BCUT2D eigenvalue weighted by Crippen LogP contribution is -2.05. The van der Waals surface area contributed by atoms with Gasteiger partial charge in [-0.3, -0.25) is 0 Å². The van der Waals surface area contributed by atoms with E-state index in [-0.39, 0.29) is 0 Å². The molecule has 0 N–H and O–H groups in total. The Morgan fingerprint density at radius 3 is 1.67 bits per heavy atom. The van der Waals surface area contributed by atoms with Crippen LogP contribution >= 0.6 is 15.9 Å². The number of alkyl halides is 1. The second-order valence-electron chi connectivity index (χ2n) is 5.38. The predicted molar refractivity (Wildman–Crippen MR) is 85.7 cm³/mol. The third kappa shape index (κ3) is 14.5. The third-order valence-corrected chi connectivity index (χ3v) is 4.19. The lowest BCUT2D eigenvalue weighted by Gasteiger charge is -2.07. The van der Waals surface area contributed by atoms with Crippen molar-refractivity contribution in [1.82, 2.24) is 0 Å². The lowest BCUT2D eigenvalue weighted by molar-refractivity contribution is 0.197. The molecule has 0 heterocycles. The first-order valence-electron chi connectivity index (χ1n) is 7.94. The van der Waals surface area contributed by atoms with E-state index in [1.165, 1.54) is 77.0 Å². The molecule has 0 radical (unpaired) electrons. The van der Waals surface area contributed by atoms with Crippen LogP contribution in [0.4, 0.5) is 0 Å². The summed E-state index contributed by atoms with van der Waals surface area (Å²) in [5, 5.41) is 0. The molecule has 0 aromatic rings. The summed E-state index contributed by atoms with van der Waals surface area (Å²) in [7, 11) is 1.77. The number of unbranched alkanes of at least 4 members (excludes halogenated alkanes) is 10. The predicted octanol–water partition coefficient (Wildman–Crippen LogP) is 6.10. The third-order valence-electron chi connectivity index (χ3n) is 3.47. The summed E-state index contributed by atoms with van der Waals surface area (Å²) in [6, 6.07) is 0. The molecule has 0 rings (SSSR count). The van der Waals surface area contributed by atoms with Gasteiger partial charge in [-0.15, -0.1) is 0 Å². The van der Waals surface area contributed by atoms with Crippen molar-refractivity contribution in [1.29, 1.82) is 0 Å². The van der Waals surface area contributed by atoms with Crippen LogP contribution in [-0.4, -0.2) is 18.5 Å². The number of halogens is 1. The molecule has 1 nitrogen and oxygen atoms in total. The molecular formula is C16H33BrO. The standard InChI is InChI=1S/C16H33BrO/c1-3-4-5-6-7-8-9-10-11-12-13-14-16(17)15-18-2/h16H,3-15H2,1-2H3. The SMILES string of the molecule is CCCCCCCCCCCCCC(Br)COC. The fourth-order valence-corrected chi connectivity index (χ4v) is 2.88. The molecule has 18 heavy (non-hydrogen) atoms. The maximum atomic E-state index is 5.11. The van der Waals surface area contributed by atoms with E-state index in [0.717, 1.165) is 6.61 Å². The summed E-state index contributed by atoms with van der Waals surface area (Å²) >= 11 is 3.64. The largest absolute Gasteiger partial charge is 0.384 e. The van der Waals surface area contributed by atoms with Crippen molar-refractivity contribution in [3.05, 3.63) is 0 Å². The molecule has 0 aliphatic carbocycles. The minimum absolute atomic E-state index is 0.557. The Morgan fingerprint density at radius 2 is 1.22 bits per heavy atom. The normalized spacial score (nSPS) is 12.8. The highest BCUT2D eigenvalue weighted by molar-refractivity contribution is 9.09. The average Bonchev–Trinajstić information content (AvgIpc) is 2.36. The first-order valence-corrected chi connectivity index (χ1v) is 8.85. The lowest BCUT2D eigenvalue weighted by atomic mass is 10.0. The van der Waals surface area contributed by atoms with Crippen molar-refractivity contribution >= 4 is 15.9 Å². The second kappa shape index (κ2) is 15.5. The molecule has 1 atom stereocenters. The van der Waals surface area contributed by atoms with Crippen molar-refractivity contribution in [3.63, 3.8) is 0 Å². The number of ether oxygens (including phenoxy) is 1. The Morgan fingerprint density at radius 1 is 0.778 bits per heavy atom. The van der Waals surface area contributed by atoms with Crippen LogP contribution in [0.15, 0.2) is 0 Å². The molecule has 0 fully saturated rings. The molecule has 0 aromatic heterocycles. The molecule has 0 saturated heterocycles. The van der Waals surface area contributed by atoms with Gasteiger partial charge in [-0.05, 0) is 6.42 Å². The molecule has 0 aliphatic heterocycles. The second-order valence-corrected chi connectivity index (χ2v) is 6.67. The summed E-state index contributed by atoms with van der Waals surface area (Å²) in [4.78, 5) is 0.557. The molecule has 0 saturated carbocycles. The van der Waals surface area contributed by atoms with Crippen LogP contribution < -0.4 is 0 Å². The Balaban J connectivity index is 2.98. The van der Waals surface area contributed by atoms with Gasteiger partial charge in [-0.1, -0.05) is 93.5 Å². The maximum Gasteiger partial charge on any atom is 0.0587 e. The van der Waals surface area contributed by atoms with Crippen LogP contribution in [-0.2, 0) is 4.74 Å². The number of hydrogen-bond donors (Lipinski definition) is 0. The van der Waals surface area contributed by atoms with Crippen LogP contribution in [0.2, 0.25) is 0 Å². The van der Waals surface area contributed by atoms with E-state index in [9.17, 15) is 0 Å². The van der Waals surface area contributed by atoms with Crippen molar-refractivity contribution in [2.75, 3.05) is 13.7 Å². The van der Waals surface area contributed by atoms with Gasteiger partial charge in [-0.2, -0.15) is 0 Å². The smallest absolute Gasteiger partial charge is 0.0587 e. The van der Waals surface area contributed by atoms with E-state index in [1.54, 1.807) is 7.11 Å². The van der Waals surface area contributed by atoms with Crippen LogP contribution in [0.5, 0.6) is 0 Å². The van der Waals surface area contributed by atoms with Crippen molar-refractivity contribution in [2.45, 2.75) is 88.8 Å². The highest BCUT2D eigenvalue weighted by Gasteiger charge is 2.02. The quantitative estimate of drug-likeness (QED) is 0.277. The zero-order valence-electron chi connectivity index (χ0n) is 12.6. The van der Waals surface area contributed by atoms with E-state index >= 15 is 0 Å². The van der Waals surface area contributed by atoms with Gasteiger partial charge < -0.3 is 4.74 Å². The van der Waals surface area contributed by atoms with E-state index < -0.39 is 0 Å². The highest BCUT2D eigenvalue weighted by Crippen LogP contribution is 2.14. The fraction of sp³-hybridized carbons (Fsp3) is 1.00. The number of hydrogen-bond acceptors (Lipinski definition) is 1. The molecule has 2 heteroatoms. The Hall–Kier alpha value is 0.440. The minimum Gasteiger partial charge on any atom is -0.384 e. The van der Waals surface area contributed by atoms with E-state index in [0.29, 0.717) is 4.83 Å².